The Bertz CT molecular complexity index is 2070. The summed E-state index contributed by atoms with van der Waals surface area (Å²) in [4.78, 5) is 0. The fourth-order valence-corrected chi connectivity index (χ4v) is 21.0. The van der Waals surface area contributed by atoms with Crippen LogP contribution in [0.4, 0.5) is 0 Å². The van der Waals surface area contributed by atoms with E-state index in [9.17, 15) is 0 Å². The topological polar surface area (TPSA) is 27.7 Å². The van der Waals surface area contributed by atoms with Crippen LogP contribution in [-0.4, -0.2) is 34.0 Å². The monoisotopic (exact) mass is 828 g/mol. The van der Waals surface area contributed by atoms with Crippen molar-refractivity contribution in [2.75, 3.05) is 26.7 Å². The molecule has 0 aliphatic carbocycles. The van der Waals surface area contributed by atoms with Gasteiger partial charge in [0.25, 0.3) is 0 Å². The molecule has 296 valence electrons. The van der Waals surface area contributed by atoms with Gasteiger partial charge in [-0.1, -0.05) is 0 Å². The molecule has 8 rings (SSSR count). The number of rotatable bonds is 14. The van der Waals surface area contributed by atoms with Gasteiger partial charge < -0.3 is 0 Å². The van der Waals surface area contributed by atoms with Gasteiger partial charge in [-0.3, -0.25) is 0 Å². The van der Waals surface area contributed by atoms with Crippen LogP contribution in [-0.2, 0) is 13.3 Å². The van der Waals surface area contributed by atoms with Crippen LogP contribution >= 0.6 is 20.5 Å². The van der Waals surface area contributed by atoms with Crippen molar-refractivity contribution in [1.82, 2.24) is 0 Å². The summed E-state index contributed by atoms with van der Waals surface area (Å²) >= 11 is 0. The van der Waals surface area contributed by atoms with Gasteiger partial charge in [0.15, 0.2) is 0 Å². The van der Waals surface area contributed by atoms with Crippen LogP contribution in [0, 0.1) is 0 Å². The predicted molar refractivity (Wildman–Crippen MR) is 262 cm³/mol. The minimum atomic E-state index is -4.35. The zero-order chi connectivity index (χ0) is 40.9. The van der Waals surface area contributed by atoms with Gasteiger partial charge in [0.2, 0.25) is 0 Å². The molecule has 8 aromatic rings. The Labute approximate surface area is 351 Å². The SMILES string of the molecule is CP(C)(C)(C)OB(OP(c1ccccc1)(c1ccccc1)(c1ccccc1)c1ccccc1)OP(c1ccccc1)(c1ccccc1)(c1ccccc1)c1ccccc1. The predicted octanol–water partition coefficient (Wildman–Crippen LogP) is 9.55. The molecule has 0 radical (unpaired) electrons. The molecular weight excluding hydrogens is 776 g/mol. The molecular formula is C52H52BO3P3. The molecule has 0 unspecified atom stereocenters. The summed E-state index contributed by atoms with van der Waals surface area (Å²) in [7, 11) is -1.23. The second-order valence-corrected chi connectivity index (χ2v) is 32.5. The Morgan fingerprint density at radius 3 is 0.525 bits per heavy atom. The molecule has 0 saturated heterocycles. The normalized spacial score (nSPS) is 14.1. The molecule has 0 N–H and O–H groups in total. The summed E-state index contributed by atoms with van der Waals surface area (Å²) in [6.45, 7) is -2.80. The van der Waals surface area contributed by atoms with Crippen molar-refractivity contribution in [2.24, 2.45) is 0 Å². The van der Waals surface area contributed by atoms with E-state index in [2.05, 4.69) is 269 Å². The molecule has 8 aromatic carbocycles. The van der Waals surface area contributed by atoms with Crippen LogP contribution in [0.15, 0.2) is 243 Å². The van der Waals surface area contributed by atoms with E-state index in [0.717, 1.165) is 42.4 Å². The van der Waals surface area contributed by atoms with Crippen LogP contribution in [0.2, 0.25) is 0 Å². The van der Waals surface area contributed by atoms with E-state index in [1.807, 2.05) is 0 Å². The van der Waals surface area contributed by atoms with Crippen molar-refractivity contribution in [3.05, 3.63) is 243 Å². The first kappa shape index (κ1) is 40.8. The van der Waals surface area contributed by atoms with E-state index in [1.165, 1.54) is 0 Å². The average Bonchev–Trinajstić information content (AvgIpc) is 3.29. The number of hydrogen-bond donors (Lipinski definition) is 0. The molecule has 0 aromatic heterocycles. The Balaban J connectivity index is 1.59. The van der Waals surface area contributed by atoms with E-state index in [0.29, 0.717) is 0 Å². The molecule has 7 heteroatoms. The summed E-state index contributed by atoms with van der Waals surface area (Å²) < 4.78 is 24.8. The fourth-order valence-electron chi connectivity index (χ4n) is 8.72. The quantitative estimate of drug-likeness (QED) is 0.0808. The summed E-state index contributed by atoms with van der Waals surface area (Å²) in [6, 6.07) is 86.0. The second-order valence-electron chi connectivity index (χ2n) is 16.8. The standard InChI is InChI=1S/C52H52BO3P3/c1-57(2,3,4)54-53(55-58(45-29-13-5-14-30-45,46-31-15-6-16-32-46,47-33-17-7-18-34-47)48-35-19-8-20-36-48)56-59(49-37-21-9-22-38-49,50-39-23-10-24-40-50,51-41-25-11-26-42-51)52-43-27-12-28-44-52/h5-44H,1-4H3. The maximum atomic E-state index is 8.53. The molecule has 0 bridgehead atoms. The van der Waals surface area contributed by atoms with Gasteiger partial charge >= 0.3 is 353 Å². The van der Waals surface area contributed by atoms with E-state index >= 15 is 0 Å². The average molecular weight is 829 g/mol. The zero-order valence-corrected chi connectivity index (χ0v) is 36.9. The van der Waals surface area contributed by atoms with Gasteiger partial charge in [0, 0.05) is 0 Å². The van der Waals surface area contributed by atoms with Crippen LogP contribution in [0.25, 0.3) is 0 Å². The summed E-state index contributed by atoms with van der Waals surface area (Å²) in [6.07, 6.45) is 0. The molecule has 0 amide bonds. The van der Waals surface area contributed by atoms with Crippen LogP contribution in [0.5, 0.6) is 0 Å². The first-order valence-electron chi connectivity index (χ1n) is 20.1. The molecule has 3 nitrogen and oxygen atoms in total. The second kappa shape index (κ2) is 15.9. The van der Waals surface area contributed by atoms with Gasteiger partial charge in [0.05, 0.1) is 0 Å². The van der Waals surface area contributed by atoms with Gasteiger partial charge in [0.1, 0.15) is 0 Å². The maximum absolute atomic E-state index is 8.53. The van der Waals surface area contributed by atoms with E-state index in [-0.39, 0.29) is 0 Å². The Kier molecular flexibility index (Phi) is 11.0. The third-order valence-corrected chi connectivity index (χ3v) is 23.6. The molecule has 0 fully saturated rings. The van der Waals surface area contributed by atoms with Crippen LogP contribution in [0.1, 0.15) is 0 Å². The van der Waals surface area contributed by atoms with Crippen molar-refractivity contribution in [3.8, 4) is 0 Å². The van der Waals surface area contributed by atoms with E-state index in [4.69, 9.17) is 13.3 Å². The van der Waals surface area contributed by atoms with Crippen molar-refractivity contribution < 1.29 is 13.3 Å². The van der Waals surface area contributed by atoms with Crippen molar-refractivity contribution in [3.63, 3.8) is 0 Å². The van der Waals surface area contributed by atoms with Crippen molar-refractivity contribution in [2.45, 2.75) is 0 Å². The molecule has 0 heterocycles. The fraction of sp³-hybridized carbons (Fsp3) is 0.0769. The zero-order valence-electron chi connectivity index (χ0n) is 34.2. The van der Waals surface area contributed by atoms with E-state index < -0.39 is 27.8 Å². The van der Waals surface area contributed by atoms with Crippen molar-refractivity contribution >= 4 is 70.2 Å². The molecule has 0 atom stereocenters. The third-order valence-electron chi connectivity index (χ3n) is 11.1. The van der Waals surface area contributed by atoms with Gasteiger partial charge in [-0.25, -0.2) is 0 Å². The third kappa shape index (κ3) is 6.93. The minimum absolute atomic E-state index is 1.04. The number of benzene rings is 8. The summed E-state index contributed by atoms with van der Waals surface area (Å²) in [5.41, 5.74) is 0. The molecule has 0 spiro atoms. The van der Waals surface area contributed by atoms with Gasteiger partial charge in [-0.15, -0.1) is 0 Å². The molecule has 0 saturated carbocycles. The Morgan fingerprint density at radius 2 is 0.390 bits per heavy atom. The molecule has 0 aliphatic rings. The Morgan fingerprint density at radius 1 is 0.237 bits per heavy atom. The number of hydrogen-bond acceptors (Lipinski definition) is 3. The first-order valence-corrected chi connectivity index (χ1v) is 28.4. The van der Waals surface area contributed by atoms with Gasteiger partial charge in [-0.05, 0) is 0 Å². The van der Waals surface area contributed by atoms with E-state index in [1.54, 1.807) is 0 Å². The molecule has 59 heavy (non-hydrogen) atoms. The van der Waals surface area contributed by atoms with Crippen LogP contribution < -0.4 is 42.4 Å². The van der Waals surface area contributed by atoms with Crippen LogP contribution in [0.3, 0.4) is 0 Å². The van der Waals surface area contributed by atoms with Gasteiger partial charge in [-0.2, -0.15) is 0 Å². The Hall–Kier alpha value is -5.01. The summed E-state index contributed by atoms with van der Waals surface area (Å²) in [5.74, 6) is 0. The summed E-state index contributed by atoms with van der Waals surface area (Å²) in [5, 5.41) is 8.32. The first-order chi connectivity index (χ1) is 28.6. The van der Waals surface area contributed by atoms with Crippen molar-refractivity contribution in [1.29, 1.82) is 0 Å². The molecule has 0 aliphatic heterocycles.